The number of carbonyl (C=O) groups is 2. The summed E-state index contributed by atoms with van der Waals surface area (Å²) in [5, 5.41) is 7.87. The molecule has 1 saturated heterocycles. The first kappa shape index (κ1) is 18.1. The zero-order valence-corrected chi connectivity index (χ0v) is 16.7. The van der Waals surface area contributed by atoms with Crippen molar-refractivity contribution in [3.63, 3.8) is 0 Å². The van der Waals surface area contributed by atoms with Gasteiger partial charge in [-0.2, -0.15) is 11.3 Å². The van der Waals surface area contributed by atoms with Crippen molar-refractivity contribution in [1.29, 1.82) is 0 Å². The molecule has 3 rings (SSSR count). The van der Waals surface area contributed by atoms with Gasteiger partial charge in [0.15, 0.2) is 0 Å². The Balaban J connectivity index is 1.80. The molecule has 0 radical (unpaired) electrons. The van der Waals surface area contributed by atoms with E-state index in [1.165, 1.54) is 16.9 Å². The average Bonchev–Trinajstić information content (AvgIpc) is 3.25. The summed E-state index contributed by atoms with van der Waals surface area (Å²) < 4.78 is 0. The fraction of sp³-hybridized carbons (Fsp3) is 0.474. The van der Waals surface area contributed by atoms with Crippen LogP contribution in [0.15, 0.2) is 22.9 Å². The number of amides is 2. The van der Waals surface area contributed by atoms with Crippen molar-refractivity contribution in [1.82, 2.24) is 4.90 Å². The van der Waals surface area contributed by atoms with Gasteiger partial charge in [0.05, 0.1) is 15.9 Å². The topological polar surface area (TPSA) is 49.4 Å². The minimum Gasteiger partial charge on any atom is -0.331 e. The summed E-state index contributed by atoms with van der Waals surface area (Å²) in [6.07, 6.45) is 2.05. The van der Waals surface area contributed by atoms with Gasteiger partial charge in [-0.05, 0) is 53.8 Å². The van der Waals surface area contributed by atoms with Crippen molar-refractivity contribution in [3.05, 3.63) is 38.9 Å². The van der Waals surface area contributed by atoms with E-state index in [0.29, 0.717) is 0 Å². The Morgan fingerprint density at radius 3 is 2.72 bits per heavy atom. The SMILES string of the molecule is Cc1cc(NC(=O)C(C)(C)C)sc1C(=O)N1CCCC1c1ccsc1. The van der Waals surface area contributed by atoms with E-state index in [1.807, 2.05) is 38.7 Å². The van der Waals surface area contributed by atoms with Crippen molar-refractivity contribution in [2.75, 3.05) is 11.9 Å². The van der Waals surface area contributed by atoms with E-state index in [9.17, 15) is 9.59 Å². The monoisotopic (exact) mass is 376 g/mol. The first-order valence-electron chi connectivity index (χ1n) is 8.52. The van der Waals surface area contributed by atoms with Crippen LogP contribution < -0.4 is 5.32 Å². The number of nitrogens with one attached hydrogen (secondary N) is 1. The lowest BCUT2D eigenvalue weighted by atomic mass is 9.96. The number of carbonyl (C=O) groups excluding carboxylic acids is 2. The van der Waals surface area contributed by atoms with Crippen LogP contribution in [0, 0.1) is 12.3 Å². The number of rotatable bonds is 3. The van der Waals surface area contributed by atoms with Gasteiger partial charge in [0.1, 0.15) is 0 Å². The number of hydrogen-bond acceptors (Lipinski definition) is 4. The molecule has 134 valence electrons. The zero-order valence-electron chi connectivity index (χ0n) is 15.1. The minimum absolute atomic E-state index is 0.0370. The molecule has 0 aliphatic carbocycles. The first-order chi connectivity index (χ1) is 11.8. The van der Waals surface area contributed by atoms with Crippen LogP contribution in [-0.2, 0) is 4.79 Å². The lowest BCUT2D eigenvalue weighted by Gasteiger charge is -2.24. The van der Waals surface area contributed by atoms with Gasteiger partial charge in [0.2, 0.25) is 5.91 Å². The van der Waals surface area contributed by atoms with Crippen molar-refractivity contribution in [3.8, 4) is 0 Å². The Bertz CT molecular complexity index is 772. The standard InChI is InChI=1S/C19H24N2O2S2/c1-12-10-15(20-18(23)19(2,3)4)25-16(12)17(22)21-8-5-6-14(21)13-7-9-24-11-13/h7,9-11,14H,5-6,8H2,1-4H3,(H,20,23). The molecule has 3 heterocycles. The zero-order chi connectivity index (χ0) is 18.2. The molecule has 1 aliphatic heterocycles. The maximum absolute atomic E-state index is 13.1. The van der Waals surface area contributed by atoms with Gasteiger partial charge in [0.25, 0.3) is 5.91 Å². The minimum atomic E-state index is -0.457. The molecule has 1 atom stereocenters. The second-order valence-electron chi connectivity index (χ2n) is 7.54. The van der Waals surface area contributed by atoms with Crippen LogP contribution in [0.2, 0.25) is 0 Å². The van der Waals surface area contributed by atoms with Gasteiger partial charge < -0.3 is 10.2 Å². The Morgan fingerprint density at radius 1 is 1.32 bits per heavy atom. The third-order valence-electron chi connectivity index (χ3n) is 4.47. The quantitative estimate of drug-likeness (QED) is 0.812. The van der Waals surface area contributed by atoms with Crippen LogP contribution in [-0.4, -0.2) is 23.3 Å². The Labute approximate surface area is 156 Å². The molecule has 0 saturated carbocycles. The van der Waals surface area contributed by atoms with Crippen molar-refractivity contribution >= 4 is 39.5 Å². The van der Waals surface area contributed by atoms with E-state index in [1.54, 1.807) is 11.3 Å². The highest BCUT2D eigenvalue weighted by molar-refractivity contribution is 7.18. The predicted molar refractivity (Wildman–Crippen MR) is 104 cm³/mol. The number of nitrogens with zero attached hydrogens (tertiary/aromatic N) is 1. The molecule has 25 heavy (non-hydrogen) atoms. The van der Waals surface area contributed by atoms with E-state index in [4.69, 9.17) is 0 Å². The average molecular weight is 377 g/mol. The molecule has 4 nitrogen and oxygen atoms in total. The molecular weight excluding hydrogens is 352 g/mol. The largest absolute Gasteiger partial charge is 0.331 e. The van der Waals surface area contributed by atoms with E-state index in [0.717, 1.165) is 34.8 Å². The number of thiophene rings is 2. The van der Waals surface area contributed by atoms with E-state index < -0.39 is 5.41 Å². The molecule has 0 spiro atoms. The van der Waals surface area contributed by atoms with Crippen LogP contribution in [0.5, 0.6) is 0 Å². The fourth-order valence-corrected chi connectivity index (χ4v) is 4.74. The summed E-state index contributed by atoms with van der Waals surface area (Å²) in [4.78, 5) is 28.0. The van der Waals surface area contributed by atoms with Gasteiger partial charge in [0, 0.05) is 12.0 Å². The summed E-state index contributed by atoms with van der Waals surface area (Å²) in [7, 11) is 0. The molecule has 1 unspecified atom stereocenters. The molecule has 1 fully saturated rings. The molecule has 2 aromatic heterocycles. The Kier molecular flexibility index (Phi) is 5.02. The highest BCUT2D eigenvalue weighted by atomic mass is 32.1. The van der Waals surface area contributed by atoms with Crippen LogP contribution in [0.3, 0.4) is 0 Å². The maximum atomic E-state index is 13.1. The normalized spacial score (nSPS) is 17.8. The first-order valence-corrected chi connectivity index (χ1v) is 10.3. The summed E-state index contributed by atoms with van der Waals surface area (Å²) in [6, 6.07) is 4.18. The summed E-state index contributed by atoms with van der Waals surface area (Å²) in [6.45, 7) is 8.37. The third-order valence-corrected chi connectivity index (χ3v) is 6.31. The van der Waals surface area contributed by atoms with Gasteiger partial charge in [-0.1, -0.05) is 20.8 Å². The van der Waals surface area contributed by atoms with Gasteiger partial charge in [-0.25, -0.2) is 0 Å². The highest BCUT2D eigenvalue weighted by Crippen LogP contribution is 2.37. The Hall–Kier alpha value is -1.66. The van der Waals surface area contributed by atoms with Gasteiger partial charge in [-0.15, -0.1) is 11.3 Å². The second kappa shape index (κ2) is 6.92. The Morgan fingerprint density at radius 2 is 2.08 bits per heavy atom. The number of hydrogen-bond donors (Lipinski definition) is 1. The summed E-state index contributed by atoms with van der Waals surface area (Å²) in [5.41, 5.74) is 1.70. The van der Waals surface area contributed by atoms with Crippen molar-refractivity contribution in [2.24, 2.45) is 5.41 Å². The van der Waals surface area contributed by atoms with E-state index in [2.05, 4.69) is 22.1 Å². The molecule has 0 bridgehead atoms. The summed E-state index contributed by atoms with van der Waals surface area (Å²) in [5.74, 6) is 0.0394. The molecule has 0 aromatic carbocycles. The van der Waals surface area contributed by atoms with Gasteiger partial charge >= 0.3 is 0 Å². The summed E-state index contributed by atoms with van der Waals surface area (Å²) >= 11 is 3.05. The number of anilines is 1. The lowest BCUT2D eigenvalue weighted by Crippen LogP contribution is -2.30. The lowest BCUT2D eigenvalue weighted by molar-refractivity contribution is -0.123. The van der Waals surface area contributed by atoms with Crippen molar-refractivity contribution < 1.29 is 9.59 Å². The van der Waals surface area contributed by atoms with Crippen LogP contribution >= 0.6 is 22.7 Å². The molecule has 1 aliphatic rings. The fourth-order valence-electron chi connectivity index (χ4n) is 3.01. The van der Waals surface area contributed by atoms with Crippen LogP contribution in [0.4, 0.5) is 5.00 Å². The molecular formula is C19H24N2O2S2. The van der Waals surface area contributed by atoms with Gasteiger partial charge in [-0.3, -0.25) is 9.59 Å². The van der Waals surface area contributed by atoms with Crippen LogP contribution in [0.1, 0.15) is 60.5 Å². The smallest absolute Gasteiger partial charge is 0.264 e. The van der Waals surface area contributed by atoms with E-state index >= 15 is 0 Å². The third kappa shape index (κ3) is 3.80. The second-order valence-corrected chi connectivity index (χ2v) is 9.37. The van der Waals surface area contributed by atoms with E-state index in [-0.39, 0.29) is 17.9 Å². The molecule has 6 heteroatoms. The van der Waals surface area contributed by atoms with Crippen molar-refractivity contribution in [2.45, 2.75) is 46.6 Å². The maximum Gasteiger partial charge on any atom is 0.264 e. The predicted octanol–water partition coefficient (Wildman–Crippen LogP) is 5.08. The molecule has 1 N–H and O–H groups in total. The molecule has 2 amide bonds. The molecule has 2 aromatic rings. The number of likely N-dealkylation sites (tertiary alicyclic amines) is 1. The van der Waals surface area contributed by atoms with Crippen LogP contribution in [0.25, 0.3) is 0 Å². The highest BCUT2D eigenvalue weighted by Gasteiger charge is 2.32. The number of aryl methyl sites for hydroxylation is 1.